The number of nitrogens with zero attached hydrogens (tertiary/aromatic N) is 1. The Morgan fingerprint density at radius 2 is 2.22 bits per heavy atom. The second kappa shape index (κ2) is 8.05. The van der Waals surface area contributed by atoms with Gasteiger partial charge in [0.25, 0.3) is 0 Å². The third kappa shape index (κ3) is 4.28. The zero-order valence-corrected chi connectivity index (χ0v) is 14.8. The van der Waals surface area contributed by atoms with Crippen LogP contribution in [0.2, 0.25) is 0 Å². The van der Waals surface area contributed by atoms with Gasteiger partial charge in [0, 0.05) is 43.9 Å². The van der Waals surface area contributed by atoms with Crippen molar-refractivity contribution in [1.29, 1.82) is 0 Å². The summed E-state index contributed by atoms with van der Waals surface area (Å²) in [5, 5.41) is 3.56. The van der Waals surface area contributed by atoms with Gasteiger partial charge in [-0.2, -0.15) is 0 Å². The Morgan fingerprint density at radius 3 is 3.00 bits per heavy atom. The largest absolute Gasteiger partial charge is 0.399 e. The number of hydrogen-bond donors (Lipinski definition) is 2. The van der Waals surface area contributed by atoms with E-state index in [0.29, 0.717) is 18.0 Å². The number of nitrogens with two attached hydrogens (primary N) is 1. The first-order valence-corrected chi connectivity index (χ1v) is 9.21. The van der Waals surface area contributed by atoms with Gasteiger partial charge in [0.15, 0.2) is 0 Å². The number of halogens is 1. The lowest BCUT2D eigenvalue weighted by Gasteiger charge is -2.18. The summed E-state index contributed by atoms with van der Waals surface area (Å²) in [6, 6.07) is 6.02. The molecule has 4 rings (SSSR count). The molecule has 2 atom stereocenters. The summed E-state index contributed by atoms with van der Waals surface area (Å²) in [6.45, 7) is 1.88. The number of pyridine rings is 1. The second-order valence-corrected chi connectivity index (χ2v) is 7.32. The molecule has 4 heteroatoms. The van der Waals surface area contributed by atoms with Crippen molar-refractivity contribution < 1.29 is 5.82 Å². The number of aromatic nitrogens is 1. The van der Waals surface area contributed by atoms with Crippen molar-refractivity contribution in [3.05, 3.63) is 89.2 Å². The lowest BCUT2D eigenvalue weighted by atomic mass is 9.91. The monoisotopic (exact) mass is 367 g/mol. The molecular weight excluding hydrogens is 337 g/mol. The average molecular weight is 368 g/mol. The molecule has 3 N–H and O–H groups in total. The lowest BCUT2D eigenvalue weighted by Crippen LogP contribution is -2.27. The highest BCUT2D eigenvalue weighted by Crippen LogP contribution is 2.57. The van der Waals surface area contributed by atoms with Crippen LogP contribution < -0.4 is 11.1 Å². The molecule has 3 aliphatic carbocycles. The fourth-order valence-electron chi connectivity index (χ4n) is 3.79. The van der Waals surface area contributed by atoms with Crippen molar-refractivity contribution in [2.45, 2.75) is 26.7 Å². The fraction of sp³-hybridized carbons (Fsp3) is 0.348. The first-order chi connectivity index (χ1) is 12.7. The van der Waals surface area contributed by atoms with E-state index in [4.69, 9.17) is 5.73 Å². The van der Waals surface area contributed by atoms with E-state index in [9.17, 15) is 4.39 Å². The van der Waals surface area contributed by atoms with Crippen LogP contribution in [0.3, 0.4) is 0 Å². The molecule has 0 saturated heterocycles. The predicted octanol–water partition coefficient (Wildman–Crippen LogP) is 4.62. The molecule has 0 radical (unpaired) electrons. The minimum absolute atomic E-state index is 0. The number of fused-ring (bicyclic) bond motifs is 1. The maximum atomic E-state index is 14.4. The van der Waals surface area contributed by atoms with E-state index < -0.39 is 0 Å². The molecule has 2 unspecified atom stereocenters. The van der Waals surface area contributed by atoms with Crippen molar-refractivity contribution in [2.75, 3.05) is 13.1 Å². The van der Waals surface area contributed by atoms with Crippen molar-refractivity contribution in [3.8, 4) is 0 Å². The van der Waals surface area contributed by atoms with Crippen molar-refractivity contribution in [1.82, 2.24) is 10.3 Å². The van der Waals surface area contributed by atoms with E-state index in [1.165, 1.54) is 6.08 Å². The summed E-state index contributed by atoms with van der Waals surface area (Å²) in [6.07, 6.45) is 16.2. The Kier molecular flexibility index (Phi) is 5.76. The van der Waals surface area contributed by atoms with E-state index in [1.807, 2.05) is 24.4 Å². The molecule has 3 nitrogen and oxygen atoms in total. The van der Waals surface area contributed by atoms with E-state index in [2.05, 4.69) is 34.6 Å². The Bertz CT molecular complexity index is 839. The van der Waals surface area contributed by atoms with Gasteiger partial charge < -0.3 is 11.1 Å². The van der Waals surface area contributed by atoms with Crippen LogP contribution in [0.4, 0.5) is 4.39 Å². The molecule has 1 aromatic heterocycles. The van der Waals surface area contributed by atoms with Crippen LogP contribution >= 0.6 is 0 Å². The van der Waals surface area contributed by atoms with E-state index >= 15 is 0 Å². The topological polar surface area (TPSA) is 50.9 Å². The summed E-state index contributed by atoms with van der Waals surface area (Å²) in [4.78, 5) is 4.35. The van der Waals surface area contributed by atoms with Gasteiger partial charge in [0.2, 0.25) is 0 Å². The molecule has 0 amide bonds. The third-order valence-electron chi connectivity index (χ3n) is 5.45. The molecule has 1 aromatic rings. The normalized spacial score (nSPS) is 25.9. The first kappa shape index (κ1) is 19.3. The zero-order valence-electron chi connectivity index (χ0n) is 14.8. The third-order valence-corrected chi connectivity index (χ3v) is 5.45. The predicted molar refractivity (Wildman–Crippen MR) is 112 cm³/mol. The average Bonchev–Trinajstić information content (AvgIpc) is 3.39. The Balaban J connectivity index is 0.00000140. The molecule has 1 saturated carbocycles. The highest BCUT2D eigenvalue weighted by molar-refractivity contribution is 5.52. The van der Waals surface area contributed by atoms with Crippen LogP contribution in [0.25, 0.3) is 0 Å². The van der Waals surface area contributed by atoms with Crippen LogP contribution in [-0.4, -0.2) is 18.1 Å². The lowest BCUT2D eigenvalue weighted by molar-refractivity contribution is 0.523. The number of allylic oxidation sites excluding steroid dienone is 8. The number of nitrogens with one attached hydrogen (secondary N) is 1. The number of hydrogen-bond acceptors (Lipinski definition) is 3. The Morgan fingerprint density at radius 1 is 1.33 bits per heavy atom. The van der Waals surface area contributed by atoms with Crippen LogP contribution in [0.15, 0.2) is 83.5 Å². The van der Waals surface area contributed by atoms with Gasteiger partial charge in [0.05, 0.1) is 0 Å². The maximum absolute atomic E-state index is 14.4. The summed E-state index contributed by atoms with van der Waals surface area (Å²) in [7, 11) is 0. The molecular formula is C23H30FN3. The fourth-order valence-corrected chi connectivity index (χ4v) is 3.79. The zero-order chi connectivity index (χ0) is 18.0. The second-order valence-electron chi connectivity index (χ2n) is 7.32. The summed E-state index contributed by atoms with van der Waals surface area (Å²) in [5.41, 5.74) is 9.27. The van der Waals surface area contributed by atoms with Crippen molar-refractivity contribution in [3.63, 3.8) is 0 Å². The van der Waals surface area contributed by atoms with Gasteiger partial charge in [-0.1, -0.05) is 37.8 Å². The molecule has 0 bridgehead atoms. The molecule has 144 valence electrons. The summed E-state index contributed by atoms with van der Waals surface area (Å²) < 4.78 is 14.4. The molecule has 3 aliphatic rings. The molecule has 1 heterocycles. The maximum Gasteiger partial charge on any atom is 0.129 e. The quantitative estimate of drug-likeness (QED) is 0.721. The molecule has 27 heavy (non-hydrogen) atoms. The Labute approximate surface area is 162 Å². The first-order valence-electron chi connectivity index (χ1n) is 9.21. The highest BCUT2D eigenvalue weighted by atomic mass is 19.1. The molecule has 0 aliphatic heterocycles. The van der Waals surface area contributed by atoms with Gasteiger partial charge in [0.1, 0.15) is 5.83 Å². The molecule has 0 aromatic carbocycles. The number of rotatable bonds is 6. The van der Waals surface area contributed by atoms with Crippen LogP contribution in [0, 0.1) is 11.3 Å². The van der Waals surface area contributed by atoms with Crippen molar-refractivity contribution >= 4 is 0 Å². The van der Waals surface area contributed by atoms with Crippen LogP contribution in [0.1, 0.15) is 27.4 Å². The van der Waals surface area contributed by atoms with Gasteiger partial charge in [-0.15, -0.1) is 0 Å². The molecule has 0 spiro atoms. The van der Waals surface area contributed by atoms with E-state index in [-0.39, 0.29) is 20.1 Å². The van der Waals surface area contributed by atoms with Gasteiger partial charge in [-0.05, 0) is 54.2 Å². The Hall–Kier alpha value is -2.46. The summed E-state index contributed by atoms with van der Waals surface area (Å²) in [5.74, 6) is 0.281. The van der Waals surface area contributed by atoms with Gasteiger partial charge in [-0.3, -0.25) is 4.98 Å². The van der Waals surface area contributed by atoms with E-state index in [1.54, 1.807) is 6.08 Å². The smallest absolute Gasteiger partial charge is 0.129 e. The standard InChI is InChI=1S/C22H24FN3.CH4.H2/c23-21-13-18(24)4-3-6-20(21)16-7-9-22(14-17(22)12-16)15-25-11-8-19-5-1-2-10-26-19;;/h1-5,7,9-10,12-13,17,25H,6,8,11,14-15,24H2;1H4;1H. The highest BCUT2D eigenvalue weighted by Gasteiger charge is 2.51. The van der Waals surface area contributed by atoms with Crippen LogP contribution in [-0.2, 0) is 6.42 Å². The van der Waals surface area contributed by atoms with E-state index in [0.717, 1.165) is 42.8 Å². The minimum atomic E-state index is -0.218. The van der Waals surface area contributed by atoms with Gasteiger partial charge in [-0.25, -0.2) is 4.39 Å². The van der Waals surface area contributed by atoms with Gasteiger partial charge >= 0.3 is 0 Å². The molecule has 1 fully saturated rings. The minimum Gasteiger partial charge on any atom is -0.399 e. The van der Waals surface area contributed by atoms with Crippen LogP contribution in [0.5, 0.6) is 0 Å². The summed E-state index contributed by atoms with van der Waals surface area (Å²) >= 11 is 0. The SMILES string of the molecule is C.NC1=CC(F)=C(C2=CC3CC3(CNCCc3ccccn3)C=C2)CC=C1.[HH]. The van der Waals surface area contributed by atoms with Crippen molar-refractivity contribution in [2.24, 2.45) is 17.1 Å².